The van der Waals surface area contributed by atoms with E-state index in [1.165, 1.54) is 11.3 Å². The summed E-state index contributed by atoms with van der Waals surface area (Å²) in [5.74, 6) is -0.119. The Morgan fingerprint density at radius 2 is 2.28 bits per heavy atom. The normalized spacial score (nSPS) is 11.7. The fourth-order valence-corrected chi connectivity index (χ4v) is 2.19. The molecule has 0 spiro atoms. The van der Waals surface area contributed by atoms with Crippen LogP contribution in [0, 0.1) is 5.41 Å². The third kappa shape index (κ3) is 2.86. The molecule has 0 bridgehead atoms. The molecule has 1 aromatic heterocycles. The Kier molecular flexibility index (Phi) is 3.63. The fourth-order valence-electron chi connectivity index (χ4n) is 1.47. The number of amides is 1. The average Bonchev–Trinajstić information content (AvgIpc) is 2.83. The molecule has 1 heterocycles. The molecule has 0 aliphatic heterocycles. The number of thiazole rings is 1. The summed E-state index contributed by atoms with van der Waals surface area (Å²) in [7, 11) is 0. The maximum Gasteiger partial charge on any atom is 0.251 e. The molecule has 2 N–H and O–H groups in total. The zero-order valence-electron chi connectivity index (χ0n) is 10.4. The van der Waals surface area contributed by atoms with Gasteiger partial charge in [0, 0.05) is 24.1 Å². The third-order valence-electron chi connectivity index (χ3n) is 2.75. The minimum absolute atomic E-state index is 0.0428. The Morgan fingerprint density at radius 3 is 3.00 bits per heavy atom. The zero-order valence-corrected chi connectivity index (χ0v) is 11.3. The highest BCUT2D eigenvalue weighted by Gasteiger charge is 2.18. The van der Waals surface area contributed by atoms with E-state index in [2.05, 4.69) is 10.3 Å². The number of rotatable bonds is 4. The van der Waals surface area contributed by atoms with Crippen LogP contribution in [-0.2, 0) is 0 Å². The van der Waals surface area contributed by atoms with E-state index in [1.807, 2.05) is 26.0 Å². The van der Waals surface area contributed by atoms with Crippen molar-refractivity contribution in [2.75, 3.05) is 13.2 Å². The van der Waals surface area contributed by atoms with Gasteiger partial charge in [-0.2, -0.15) is 0 Å². The first kappa shape index (κ1) is 13.0. The van der Waals surface area contributed by atoms with Gasteiger partial charge in [-0.1, -0.05) is 13.8 Å². The lowest BCUT2D eigenvalue weighted by atomic mass is 9.95. The second-order valence-corrected chi connectivity index (χ2v) is 5.93. The van der Waals surface area contributed by atoms with Gasteiger partial charge in [0.2, 0.25) is 0 Å². The summed E-state index contributed by atoms with van der Waals surface area (Å²) in [4.78, 5) is 16.1. The Labute approximate surface area is 110 Å². The van der Waals surface area contributed by atoms with Gasteiger partial charge in [-0.3, -0.25) is 4.79 Å². The lowest BCUT2D eigenvalue weighted by molar-refractivity contribution is 0.0911. The second kappa shape index (κ2) is 5.04. The molecule has 0 aliphatic carbocycles. The monoisotopic (exact) mass is 264 g/mol. The zero-order chi connectivity index (χ0) is 13.2. The molecular formula is C13H16N2O2S. The van der Waals surface area contributed by atoms with Gasteiger partial charge in [-0.05, 0) is 18.2 Å². The Morgan fingerprint density at radius 1 is 1.50 bits per heavy atom. The standard InChI is InChI=1S/C13H16N2O2S/c1-13(2,7-16)6-14-12(17)9-3-4-10-11(5-9)18-8-15-10/h3-5,8,16H,6-7H2,1-2H3,(H,14,17). The Bertz CT molecular complexity index is 563. The Hall–Kier alpha value is -1.46. The number of carbonyl (C=O) groups is 1. The molecular weight excluding hydrogens is 248 g/mol. The molecule has 0 unspecified atom stereocenters. The molecule has 1 amide bonds. The van der Waals surface area contributed by atoms with Crippen LogP contribution in [0.5, 0.6) is 0 Å². The number of aromatic nitrogens is 1. The molecule has 5 heteroatoms. The van der Waals surface area contributed by atoms with Crippen molar-refractivity contribution in [1.29, 1.82) is 0 Å². The van der Waals surface area contributed by atoms with Crippen molar-refractivity contribution in [1.82, 2.24) is 10.3 Å². The van der Waals surface area contributed by atoms with E-state index in [1.54, 1.807) is 11.6 Å². The van der Waals surface area contributed by atoms with E-state index >= 15 is 0 Å². The van der Waals surface area contributed by atoms with Crippen LogP contribution in [-0.4, -0.2) is 29.1 Å². The van der Waals surface area contributed by atoms with Crippen LogP contribution in [0.2, 0.25) is 0 Å². The first-order valence-corrected chi connectivity index (χ1v) is 6.62. The van der Waals surface area contributed by atoms with E-state index in [0.717, 1.165) is 10.2 Å². The number of benzene rings is 1. The smallest absolute Gasteiger partial charge is 0.251 e. The average molecular weight is 264 g/mol. The highest BCUT2D eigenvalue weighted by Crippen LogP contribution is 2.19. The topological polar surface area (TPSA) is 62.2 Å². The summed E-state index contributed by atoms with van der Waals surface area (Å²) in [6.07, 6.45) is 0. The summed E-state index contributed by atoms with van der Waals surface area (Å²) in [6, 6.07) is 5.45. The molecule has 2 aromatic rings. The largest absolute Gasteiger partial charge is 0.396 e. The minimum Gasteiger partial charge on any atom is -0.396 e. The van der Waals surface area contributed by atoms with Crippen molar-refractivity contribution >= 4 is 27.5 Å². The van der Waals surface area contributed by atoms with Crippen LogP contribution in [0.4, 0.5) is 0 Å². The van der Waals surface area contributed by atoms with Crippen molar-refractivity contribution in [2.24, 2.45) is 5.41 Å². The summed E-state index contributed by atoms with van der Waals surface area (Å²) < 4.78 is 1.00. The summed E-state index contributed by atoms with van der Waals surface area (Å²) in [6.45, 7) is 4.30. The molecule has 4 nitrogen and oxygen atoms in total. The van der Waals surface area contributed by atoms with Crippen LogP contribution in [0.1, 0.15) is 24.2 Å². The van der Waals surface area contributed by atoms with Crippen LogP contribution in [0.15, 0.2) is 23.7 Å². The predicted molar refractivity (Wildman–Crippen MR) is 72.8 cm³/mol. The number of hydrogen-bond donors (Lipinski definition) is 2. The van der Waals surface area contributed by atoms with Gasteiger partial charge in [-0.15, -0.1) is 11.3 Å². The van der Waals surface area contributed by atoms with Gasteiger partial charge in [0.05, 0.1) is 15.7 Å². The first-order valence-electron chi connectivity index (χ1n) is 5.74. The predicted octanol–water partition coefficient (Wildman–Crippen LogP) is 2.04. The maximum atomic E-state index is 12.0. The van der Waals surface area contributed by atoms with Crippen molar-refractivity contribution in [3.63, 3.8) is 0 Å². The van der Waals surface area contributed by atoms with Gasteiger partial charge < -0.3 is 10.4 Å². The third-order valence-corrected chi connectivity index (χ3v) is 3.54. The molecule has 0 aliphatic rings. The second-order valence-electron chi connectivity index (χ2n) is 5.04. The molecule has 0 saturated heterocycles. The van der Waals surface area contributed by atoms with Crippen LogP contribution >= 0.6 is 11.3 Å². The van der Waals surface area contributed by atoms with Gasteiger partial charge in [0.15, 0.2) is 0 Å². The summed E-state index contributed by atoms with van der Waals surface area (Å²) in [5.41, 5.74) is 3.00. The number of hydrogen-bond acceptors (Lipinski definition) is 4. The lowest BCUT2D eigenvalue weighted by Gasteiger charge is -2.21. The van der Waals surface area contributed by atoms with Crippen LogP contribution in [0.3, 0.4) is 0 Å². The highest BCUT2D eigenvalue weighted by atomic mass is 32.1. The number of nitrogens with one attached hydrogen (secondary N) is 1. The van der Waals surface area contributed by atoms with E-state index in [-0.39, 0.29) is 17.9 Å². The number of fused-ring (bicyclic) bond motifs is 1. The molecule has 96 valence electrons. The van der Waals surface area contributed by atoms with Crippen LogP contribution in [0.25, 0.3) is 10.2 Å². The number of aliphatic hydroxyl groups excluding tert-OH is 1. The van der Waals surface area contributed by atoms with E-state index in [0.29, 0.717) is 12.1 Å². The number of carbonyl (C=O) groups excluding carboxylic acids is 1. The first-order chi connectivity index (χ1) is 8.52. The van der Waals surface area contributed by atoms with Crippen molar-refractivity contribution < 1.29 is 9.90 Å². The summed E-state index contributed by atoms with van der Waals surface area (Å²) in [5, 5.41) is 12.0. The minimum atomic E-state index is -0.301. The van der Waals surface area contributed by atoms with Gasteiger partial charge in [0.25, 0.3) is 5.91 Å². The van der Waals surface area contributed by atoms with E-state index in [4.69, 9.17) is 5.11 Å². The Balaban J connectivity index is 2.08. The van der Waals surface area contributed by atoms with Crippen molar-refractivity contribution in [3.05, 3.63) is 29.3 Å². The molecule has 1 aromatic carbocycles. The van der Waals surface area contributed by atoms with Crippen molar-refractivity contribution in [2.45, 2.75) is 13.8 Å². The SMILES string of the molecule is CC(C)(CO)CNC(=O)c1ccc2ncsc2c1. The van der Waals surface area contributed by atoms with Gasteiger partial charge in [0.1, 0.15) is 0 Å². The lowest BCUT2D eigenvalue weighted by Crippen LogP contribution is -2.36. The molecule has 18 heavy (non-hydrogen) atoms. The molecule has 0 fully saturated rings. The fraction of sp³-hybridized carbons (Fsp3) is 0.385. The van der Waals surface area contributed by atoms with Gasteiger partial charge >= 0.3 is 0 Å². The molecule has 2 rings (SSSR count). The molecule has 0 atom stereocenters. The maximum absolute atomic E-state index is 12.0. The highest BCUT2D eigenvalue weighted by molar-refractivity contribution is 7.16. The number of aliphatic hydroxyl groups is 1. The van der Waals surface area contributed by atoms with Crippen LogP contribution < -0.4 is 5.32 Å². The number of nitrogens with zero attached hydrogens (tertiary/aromatic N) is 1. The van der Waals surface area contributed by atoms with E-state index in [9.17, 15) is 4.79 Å². The quantitative estimate of drug-likeness (QED) is 0.888. The molecule has 0 saturated carbocycles. The van der Waals surface area contributed by atoms with Gasteiger partial charge in [-0.25, -0.2) is 4.98 Å². The van der Waals surface area contributed by atoms with E-state index < -0.39 is 0 Å². The summed E-state index contributed by atoms with van der Waals surface area (Å²) >= 11 is 1.52. The van der Waals surface area contributed by atoms with Crippen molar-refractivity contribution in [3.8, 4) is 0 Å². The molecule has 0 radical (unpaired) electrons.